The summed E-state index contributed by atoms with van der Waals surface area (Å²) in [7, 11) is -3.63. The lowest BCUT2D eigenvalue weighted by Crippen LogP contribution is -2.04. The molecule has 0 aliphatic heterocycles. The van der Waals surface area contributed by atoms with Crippen LogP contribution < -0.4 is 0 Å². The maximum Gasteiger partial charge on any atom is 0.358 e. The Morgan fingerprint density at radius 1 is 1.32 bits per heavy atom. The summed E-state index contributed by atoms with van der Waals surface area (Å²) in [5.41, 5.74) is -0.332. The minimum absolute atomic E-state index is 0.0349. The van der Waals surface area contributed by atoms with E-state index in [1.807, 2.05) is 0 Å². The van der Waals surface area contributed by atoms with Gasteiger partial charge in [-0.05, 0) is 24.3 Å². The van der Waals surface area contributed by atoms with Gasteiger partial charge in [-0.15, -0.1) is 0 Å². The number of carboxylic acids is 1. The average molecular weight is 302 g/mol. The zero-order valence-electron chi connectivity index (χ0n) is 9.41. The Labute approximate surface area is 113 Å². The average Bonchev–Trinajstić information content (AvgIpc) is 2.77. The van der Waals surface area contributed by atoms with Crippen molar-refractivity contribution in [3.8, 4) is 0 Å². The van der Waals surface area contributed by atoms with Gasteiger partial charge in [-0.25, -0.2) is 13.2 Å². The number of sulfone groups is 1. The van der Waals surface area contributed by atoms with Gasteiger partial charge in [-0.3, -0.25) is 0 Å². The summed E-state index contributed by atoms with van der Waals surface area (Å²) in [6.07, 6.45) is 0. The van der Waals surface area contributed by atoms with Gasteiger partial charge < -0.3 is 9.63 Å². The number of halogens is 1. The van der Waals surface area contributed by atoms with Gasteiger partial charge in [0.2, 0.25) is 0 Å². The van der Waals surface area contributed by atoms with Gasteiger partial charge in [-0.2, -0.15) is 0 Å². The molecule has 0 saturated heterocycles. The van der Waals surface area contributed by atoms with E-state index in [4.69, 9.17) is 16.7 Å². The van der Waals surface area contributed by atoms with Gasteiger partial charge in [0.25, 0.3) is 0 Å². The van der Waals surface area contributed by atoms with Crippen molar-refractivity contribution >= 4 is 27.4 Å². The van der Waals surface area contributed by atoms with Crippen LogP contribution >= 0.6 is 11.6 Å². The lowest BCUT2D eigenvalue weighted by Gasteiger charge is -2.01. The lowest BCUT2D eigenvalue weighted by molar-refractivity contribution is 0.0685. The smallest absolute Gasteiger partial charge is 0.358 e. The number of aromatic carboxylic acids is 1. The number of carboxylic acid groups (broad SMARTS) is 1. The minimum atomic E-state index is -3.63. The first-order valence-electron chi connectivity index (χ1n) is 5.06. The molecule has 0 saturated carbocycles. The number of nitrogens with zero attached hydrogens (tertiary/aromatic N) is 1. The van der Waals surface area contributed by atoms with E-state index in [9.17, 15) is 13.2 Å². The number of hydrogen-bond acceptors (Lipinski definition) is 5. The predicted octanol–water partition coefficient (Wildman–Crippen LogP) is 2.00. The largest absolute Gasteiger partial charge is 0.476 e. The maximum absolute atomic E-state index is 12.0. The molecule has 2 rings (SSSR count). The topological polar surface area (TPSA) is 97.5 Å². The van der Waals surface area contributed by atoms with E-state index in [0.717, 1.165) is 6.07 Å². The lowest BCUT2D eigenvalue weighted by atomic mass is 10.4. The van der Waals surface area contributed by atoms with Gasteiger partial charge in [0.15, 0.2) is 21.3 Å². The zero-order chi connectivity index (χ0) is 14.0. The van der Waals surface area contributed by atoms with Crippen LogP contribution in [-0.2, 0) is 15.6 Å². The summed E-state index contributed by atoms with van der Waals surface area (Å²) in [4.78, 5) is 10.7. The molecule has 100 valence electrons. The van der Waals surface area contributed by atoms with Crippen LogP contribution in [0.5, 0.6) is 0 Å². The van der Waals surface area contributed by atoms with E-state index in [0.29, 0.717) is 5.02 Å². The van der Waals surface area contributed by atoms with Crippen molar-refractivity contribution < 1.29 is 22.8 Å². The fourth-order valence-electron chi connectivity index (χ4n) is 1.39. The molecule has 19 heavy (non-hydrogen) atoms. The first-order valence-corrected chi connectivity index (χ1v) is 7.09. The van der Waals surface area contributed by atoms with Gasteiger partial charge in [0.05, 0.1) is 4.90 Å². The number of carbonyl (C=O) groups is 1. The summed E-state index contributed by atoms with van der Waals surface area (Å²) in [5.74, 6) is -1.78. The van der Waals surface area contributed by atoms with Gasteiger partial charge in [0, 0.05) is 11.1 Å². The normalized spacial score (nSPS) is 11.4. The van der Waals surface area contributed by atoms with Crippen LogP contribution in [0.4, 0.5) is 0 Å². The van der Waals surface area contributed by atoms with Crippen LogP contribution in [0.25, 0.3) is 0 Å². The molecule has 0 atom stereocenters. The van der Waals surface area contributed by atoms with Crippen molar-refractivity contribution in [1.29, 1.82) is 0 Å². The van der Waals surface area contributed by atoms with Crippen molar-refractivity contribution in [2.45, 2.75) is 10.6 Å². The molecule has 1 N–H and O–H groups in total. The van der Waals surface area contributed by atoms with Crippen molar-refractivity contribution in [2.24, 2.45) is 0 Å². The van der Waals surface area contributed by atoms with Crippen LogP contribution in [0.2, 0.25) is 5.02 Å². The van der Waals surface area contributed by atoms with E-state index >= 15 is 0 Å². The first kappa shape index (κ1) is 13.6. The van der Waals surface area contributed by atoms with Crippen LogP contribution in [0.15, 0.2) is 39.8 Å². The number of aromatic nitrogens is 1. The fraction of sp³-hybridized carbons (Fsp3) is 0.0909. The molecule has 0 fully saturated rings. The van der Waals surface area contributed by atoms with Crippen molar-refractivity contribution in [2.75, 3.05) is 0 Å². The molecule has 0 unspecified atom stereocenters. The van der Waals surface area contributed by atoms with Crippen LogP contribution in [0.3, 0.4) is 0 Å². The molecule has 1 aromatic carbocycles. The molecule has 0 spiro atoms. The summed E-state index contributed by atoms with van der Waals surface area (Å²) < 4.78 is 28.7. The van der Waals surface area contributed by atoms with Crippen molar-refractivity contribution in [3.63, 3.8) is 0 Å². The third-order valence-electron chi connectivity index (χ3n) is 2.28. The molecule has 8 heteroatoms. The summed E-state index contributed by atoms with van der Waals surface area (Å²) in [6, 6.07) is 6.73. The summed E-state index contributed by atoms with van der Waals surface area (Å²) >= 11 is 5.67. The van der Waals surface area contributed by atoms with E-state index < -0.39 is 21.6 Å². The van der Waals surface area contributed by atoms with E-state index in [1.165, 1.54) is 24.3 Å². The number of benzene rings is 1. The first-order chi connectivity index (χ1) is 8.88. The van der Waals surface area contributed by atoms with E-state index in [1.54, 1.807) is 0 Å². The Hall–Kier alpha value is -1.86. The molecule has 1 aromatic heterocycles. The number of hydrogen-bond donors (Lipinski definition) is 1. The molecule has 0 amide bonds. The third-order valence-corrected chi connectivity index (χ3v) is 4.19. The molecular weight excluding hydrogens is 294 g/mol. The molecular formula is C11H8ClNO5S. The maximum atomic E-state index is 12.0. The quantitative estimate of drug-likeness (QED) is 0.927. The second-order valence-corrected chi connectivity index (χ2v) is 6.12. The monoisotopic (exact) mass is 301 g/mol. The van der Waals surface area contributed by atoms with E-state index in [2.05, 4.69) is 9.68 Å². The van der Waals surface area contributed by atoms with Gasteiger partial charge in [-0.1, -0.05) is 16.8 Å². The molecule has 6 nitrogen and oxygen atoms in total. The fourth-order valence-corrected chi connectivity index (χ4v) is 2.75. The Balaban J connectivity index is 2.25. The van der Waals surface area contributed by atoms with Crippen molar-refractivity contribution in [1.82, 2.24) is 5.16 Å². The van der Waals surface area contributed by atoms with Gasteiger partial charge in [0.1, 0.15) is 5.75 Å². The number of rotatable bonds is 4. The second-order valence-electron chi connectivity index (χ2n) is 3.70. The summed E-state index contributed by atoms with van der Waals surface area (Å²) in [6.45, 7) is 0. The van der Waals surface area contributed by atoms with E-state index in [-0.39, 0.29) is 16.3 Å². The Morgan fingerprint density at radius 3 is 2.47 bits per heavy atom. The Bertz CT molecular complexity index is 705. The molecule has 2 aromatic rings. The Kier molecular flexibility index (Phi) is 3.59. The molecule has 0 aliphatic carbocycles. The zero-order valence-corrected chi connectivity index (χ0v) is 11.0. The van der Waals surface area contributed by atoms with Crippen LogP contribution in [0, 0.1) is 0 Å². The minimum Gasteiger partial charge on any atom is -0.476 e. The highest BCUT2D eigenvalue weighted by molar-refractivity contribution is 7.90. The Morgan fingerprint density at radius 2 is 1.95 bits per heavy atom. The molecule has 0 radical (unpaired) electrons. The highest BCUT2D eigenvalue weighted by atomic mass is 35.5. The summed E-state index contributed by atoms with van der Waals surface area (Å²) in [5, 5.41) is 12.3. The second kappa shape index (κ2) is 5.02. The standard InChI is InChI=1S/C11H8ClNO5S/c12-7-1-3-9(4-2-7)19(16,17)6-8-5-10(11(14)15)13-18-8/h1-5H,6H2,(H,14,15). The van der Waals surface area contributed by atoms with Crippen LogP contribution in [0.1, 0.15) is 16.2 Å². The molecule has 0 aliphatic rings. The highest BCUT2D eigenvalue weighted by Crippen LogP contribution is 2.19. The van der Waals surface area contributed by atoms with Gasteiger partial charge >= 0.3 is 5.97 Å². The SMILES string of the molecule is O=C(O)c1cc(CS(=O)(=O)c2ccc(Cl)cc2)on1. The van der Waals surface area contributed by atoms with Crippen molar-refractivity contribution in [3.05, 3.63) is 46.8 Å². The third kappa shape index (κ3) is 3.12. The molecule has 0 bridgehead atoms. The van der Waals surface area contributed by atoms with Crippen LogP contribution in [-0.4, -0.2) is 24.7 Å². The molecule has 1 heterocycles. The highest BCUT2D eigenvalue weighted by Gasteiger charge is 2.20. The predicted molar refractivity (Wildman–Crippen MR) is 65.8 cm³/mol.